The van der Waals surface area contributed by atoms with E-state index in [9.17, 15) is 8.42 Å². The monoisotopic (exact) mass is 382 g/mol. The van der Waals surface area contributed by atoms with Crippen molar-refractivity contribution < 1.29 is 17.5 Å². The molecule has 4 rings (SSSR count). The van der Waals surface area contributed by atoms with Crippen molar-refractivity contribution in [3.05, 3.63) is 66.7 Å². The predicted octanol–water partition coefficient (Wildman–Crippen LogP) is 3.50. The summed E-state index contributed by atoms with van der Waals surface area (Å²) in [6.07, 6.45) is 1.55. The van der Waals surface area contributed by atoms with E-state index in [1.807, 2.05) is 0 Å². The van der Waals surface area contributed by atoms with Crippen molar-refractivity contribution in [2.75, 3.05) is 4.72 Å². The van der Waals surface area contributed by atoms with Crippen LogP contribution >= 0.6 is 0 Å². The van der Waals surface area contributed by atoms with Crippen molar-refractivity contribution in [1.82, 2.24) is 15.3 Å². The molecule has 0 aliphatic carbocycles. The number of sulfonamides is 1. The summed E-state index contributed by atoms with van der Waals surface area (Å²) < 4.78 is 38.0. The van der Waals surface area contributed by atoms with Crippen molar-refractivity contribution in [2.24, 2.45) is 0 Å². The highest BCUT2D eigenvalue weighted by Gasteiger charge is 2.16. The minimum Gasteiger partial charge on any atom is -0.356 e. The Morgan fingerprint density at radius 3 is 2.44 bits per heavy atom. The molecule has 0 bridgehead atoms. The lowest BCUT2D eigenvalue weighted by molar-refractivity contribution is 0.394. The zero-order valence-electron chi connectivity index (χ0n) is 14.2. The standard InChI is InChI=1S/C18H14N4O4S/c1-12-20-18(21-25-12)14-3-2-4-16(11-14)27(23,24)22-15-7-5-13(6-8-15)17-9-10-19-26-17/h2-11,22H,1H3. The van der Waals surface area contributed by atoms with Crippen LogP contribution in [0.1, 0.15) is 5.89 Å². The number of nitrogens with zero attached hydrogens (tertiary/aromatic N) is 3. The lowest BCUT2D eigenvalue weighted by atomic mass is 10.1. The Morgan fingerprint density at radius 2 is 1.78 bits per heavy atom. The molecule has 1 N–H and O–H groups in total. The van der Waals surface area contributed by atoms with Gasteiger partial charge < -0.3 is 9.05 Å². The second-order valence-corrected chi connectivity index (χ2v) is 7.41. The summed E-state index contributed by atoms with van der Waals surface area (Å²) in [5, 5.41) is 7.46. The molecule has 0 saturated heterocycles. The van der Waals surface area contributed by atoms with E-state index in [2.05, 4.69) is 20.0 Å². The highest BCUT2D eigenvalue weighted by molar-refractivity contribution is 7.92. The fourth-order valence-electron chi connectivity index (χ4n) is 2.50. The molecule has 9 heteroatoms. The van der Waals surface area contributed by atoms with Crippen LogP contribution in [-0.2, 0) is 10.0 Å². The van der Waals surface area contributed by atoms with Crippen LogP contribution < -0.4 is 4.72 Å². The second-order valence-electron chi connectivity index (χ2n) is 5.72. The zero-order valence-corrected chi connectivity index (χ0v) is 15.0. The van der Waals surface area contributed by atoms with Gasteiger partial charge in [-0.05, 0) is 36.4 Å². The van der Waals surface area contributed by atoms with Gasteiger partial charge in [-0.2, -0.15) is 4.98 Å². The minimum absolute atomic E-state index is 0.0989. The van der Waals surface area contributed by atoms with E-state index in [1.165, 1.54) is 12.1 Å². The molecule has 0 unspecified atom stereocenters. The maximum atomic E-state index is 12.7. The third-order valence-electron chi connectivity index (χ3n) is 3.79. The van der Waals surface area contributed by atoms with Gasteiger partial charge in [-0.1, -0.05) is 22.4 Å². The Morgan fingerprint density at radius 1 is 0.963 bits per heavy atom. The van der Waals surface area contributed by atoms with Gasteiger partial charge in [0.15, 0.2) is 5.76 Å². The van der Waals surface area contributed by atoms with E-state index in [0.29, 0.717) is 28.7 Å². The maximum Gasteiger partial charge on any atom is 0.261 e. The molecule has 0 amide bonds. The lowest BCUT2D eigenvalue weighted by Gasteiger charge is -2.09. The third-order valence-corrected chi connectivity index (χ3v) is 5.17. The predicted molar refractivity (Wildman–Crippen MR) is 97.2 cm³/mol. The summed E-state index contributed by atoms with van der Waals surface area (Å²) in [6.45, 7) is 1.67. The van der Waals surface area contributed by atoms with Gasteiger partial charge in [-0.15, -0.1) is 0 Å². The van der Waals surface area contributed by atoms with Crippen molar-refractivity contribution in [1.29, 1.82) is 0 Å². The zero-order chi connectivity index (χ0) is 18.9. The normalized spacial score (nSPS) is 11.4. The molecule has 8 nitrogen and oxygen atoms in total. The average Bonchev–Trinajstić information content (AvgIpc) is 3.34. The van der Waals surface area contributed by atoms with Gasteiger partial charge in [0.05, 0.1) is 11.1 Å². The van der Waals surface area contributed by atoms with Gasteiger partial charge in [-0.25, -0.2) is 8.42 Å². The first-order chi connectivity index (χ1) is 13.0. The molecule has 4 aromatic rings. The maximum absolute atomic E-state index is 12.7. The number of benzene rings is 2. The van der Waals surface area contributed by atoms with Crippen LogP contribution in [0.15, 0.2) is 74.7 Å². The molecule has 0 radical (unpaired) electrons. The van der Waals surface area contributed by atoms with Gasteiger partial charge in [0.2, 0.25) is 11.7 Å². The van der Waals surface area contributed by atoms with Crippen LogP contribution in [0.25, 0.3) is 22.7 Å². The minimum atomic E-state index is -3.78. The number of anilines is 1. The van der Waals surface area contributed by atoms with Crippen LogP contribution in [0.2, 0.25) is 0 Å². The van der Waals surface area contributed by atoms with Gasteiger partial charge in [-0.3, -0.25) is 4.72 Å². The van der Waals surface area contributed by atoms with E-state index < -0.39 is 10.0 Å². The molecule has 0 aliphatic heterocycles. The molecule has 0 saturated carbocycles. The third kappa shape index (κ3) is 3.58. The Kier molecular flexibility index (Phi) is 4.21. The van der Waals surface area contributed by atoms with Crippen LogP contribution in [-0.4, -0.2) is 23.7 Å². The van der Waals surface area contributed by atoms with E-state index in [0.717, 1.165) is 5.56 Å². The van der Waals surface area contributed by atoms with Gasteiger partial charge in [0.1, 0.15) is 0 Å². The summed E-state index contributed by atoms with van der Waals surface area (Å²) in [6, 6.07) is 14.9. The summed E-state index contributed by atoms with van der Waals surface area (Å²) in [5.74, 6) is 1.34. The smallest absolute Gasteiger partial charge is 0.261 e. The topological polar surface area (TPSA) is 111 Å². The second kappa shape index (κ2) is 6.69. The number of hydrogen-bond acceptors (Lipinski definition) is 7. The summed E-state index contributed by atoms with van der Waals surface area (Å²) in [4.78, 5) is 4.21. The van der Waals surface area contributed by atoms with E-state index >= 15 is 0 Å². The molecule has 0 aliphatic rings. The van der Waals surface area contributed by atoms with E-state index in [-0.39, 0.29) is 4.90 Å². The number of hydrogen-bond donors (Lipinski definition) is 1. The molecule has 0 atom stereocenters. The van der Waals surface area contributed by atoms with Crippen LogP contribution in [0.4, 0.5) is 5.69 Å². The SMILES string of the molecule is Cc1nc(-c2cccc(S(=O)(=O)Nc3ccc(-c4ccno4)cc3)c2)no1. The van der Waals surface area contributed by atoms with Crippen LogP contribution in [0.5, 0.6) is 0 Å². The molecule has 136 valence electrons. The fourth-order valence-corrected chi connectivity index (χ4v) is 3.60. The molecule has 2 heterocycles. The first-order valence-corrected chi connectivity index (χ1v) is 9.44. The summed E-state index contributed by atoms with van der Waals surface area (Å²) >= 11 is 0. The molecule has 27 heavy (non-hydrogen) atoms. The fraction of sp³-hybridized carbons (Fsp3) is 0.0556. The highest BCUT2D eigenvalue weighted by atomic mass is 32.2. The molecule has 0 spiro atoms. The van der Waals surface area contributed by atoms with Crippen LogP contribution in [0, 0.1) is 6.92 Å². The number of aryl methyl sites for hydroxylation is 1. The highest BCUT2D eigenvalue weighted by Crippen LogP contribution is 2.24. The van der Waals surface area contributed by atoms with Crippen molar-refractivity contribution in [3.8, 4) is 22.7 Å². The van der Waals surface area contributed by atoms with Crippen LogP contribution in [0.3, 0.4) is 0 Å². The van der Waals surface area contributed by atoms with E-state index in [1.54, 1.807) is 55.6 Å². The van der Waals surface area contributed by atoms with Gasteiger partial charge in [0, 0.05) is 29.8 Å². The summed E-state index contributed by atoms with van der Waals surface area (Å²) in [5.41, 5.74) is 1.78. The van der Waals surface area contributed by atoms with Gasteiger partial charge in [0.25, 0.3) is 10.0 Å². The Bertz CT molecular complexity index is 1170. The number of aromatic nitrogens is 3. The number of rotatable bonds is 5. The molecular formula is C18H14N4O4S. The first-order valence-electron chi connectivity index (χ1n) is 7.96. The summed E-state index contributed by atoms with van der Waals surface area (Å²) in [7, 11) is -3.78. The Labute approximate surface area is 154 Å². The Balaban J connectivity index is 1.58. The molecule has 2 aromatic heterocycles. The van der Waals surface area contributed by atoms with Crippen molar-refractivity contribution in [3.63, 3.8) is 0 Å². The quantitative estimate of drug-likeness (QED) is 0.562. The lowest BCUT2D eigenvalue weighted by Crippen LogP contribution is -2.12. The molecule has 2 aromatic carbocycles. The number of nitrogens with one attached hydrogen (secondary N) is 1. The van der Waals surface area contributed by atoms with Crippen molar-refractivity contribution >= 4 is 15.7 Å². The molecular weight excluding hydrogens is 368 g/mol. The van der Waals surface area contributed by atoms with Gasteiger partial charge >= 0.3 is 0 Å². The van der Waals surface area contributed by atoms with Crippen molar-refractivity contribution in [2.45, 2.75) is 11.8 Å². The first kappa shape index (κ1) is 17.0. The molecule has 0 fully saturated rings. The Hall–Kier alpha value is -3.46. The average molecular weight is 382 g/mol. The largest absolute Gasteiger partial charge is 0.356 e. The van der Waals surface area contributed by atoms with E-state index in [4.69, 9.17) is 9.05 Å².